The molecule has 0 aromatic heterocycles. The topological polar surface area (TPSA) is 21.3 Å². The molecular formula is C13H20BrNOS. The van der Waals surface area contributed by atoms with Crippen LogP contribution in [0.4, 0.5) is 0 Å². The summed E-state index contributed by atoms with van der Waals surface area (Å²) in [6, 6.07) is 6.47. The van der Waals surface area contributed by atoms with Crippen LogP contribution in [0, 0.1) is 0 Å². The highest BCUT2D eigenvalue weighted by molar-refractivity contribution is 9.10. The molecule has 0 aliphatic carbocycles. The third-order valence-electron chi connectivity index (χ3n) is 2.32. The SMILES string of the molecule is CCCNCc1ccc(Br)cc1SCCOC. The molecule has 4 heteroatoms. The first-order valence-corrected chi connectivity index (χ1v) is 7.66. The van der Waals surface area contributed by atoms with Crippen LogP contribution in [0.25, 0.3) is 0 Å². The molecule has 0 atom stereocenters. The lowest BCUT2D eigenvalue weighted by Gasteiger charge is -2.10. The van der Waals surface area contributed by atoms with Gasteiger partial charge < -0.3 is 10.1 Å². The van der Waals surface area contributed by atoms with Crippen molar-refractivity contribution in [2.45, 2.75) is 24.8 Å². The zero-order chi connectivity index (χ0) is 12.5. The van der Waals surface area contributed by atoms with E-state index in [0.717, 1.165) is 29.9 Å². The van der Waals surface area contributed by atoms with E-state index in [0.29, 0.717) is 0 Å². The van der Waals surface area contributed by atoms with Gasteiger partial charge in [-0.25, -0.2) is 0 Å². The Labute approximate surface area is 117 Å². The lowest BCUT2D eigenvalue weighted by atomic mass is 10.2. The fraction of sp³-hybridized carbons (Fsp3) is 0.538. The van der Waals surface area contributed by atoms with Gasteiger partial charge in [0.05, 0.1) is 6.61 Å². The van der Waals surface area contributed by atoms with Gasteiger partial charge in [0, 0.05) is 28.8 Å². The van der Waals surface area contributed by atoms with Crippen LogP contribution in [-0.2, 0) is 11.3 Å². The van der Waals surface area contributed by atoms with Crippen LogP contribution in [0.2, 0.25) is 0 Å². The van der Waals surface area contributed by atoms with Gasteiger partial charge >= 0.3 is 0 Å². The summed E-state index contributed by atoms with van der Waals surface area (Å²) >= 11 is 5.37. The van der Waals surface area contributed by atoms with Crippen molar-refractivity contribution < 1.29 is 4.74 Å². The number of thioether (sulfide) groups is 1. The number of ether oxygens (including phenoxy) is 1. The Hall–Kier alpha value is -0.0300. The van der Waals surface area contributed by atoms with Crippen LogP contribution in [0.1, 0.15) is 18.9 Å². The summed E-state index contributed by atoms with van der Waals surface area (Å²) < 4.78 is 6.22. The molecule has 1 rings (SSSR count). The molecule has 0 heterocycles. The summed E-state index contributed by atoms with van der Waals surface area (Å²) in [7, 11) is 1.74. The Bertz CT molecular complexity index is 333. The van der Waals surface area contributed by atoms with Crippen molar-refractivity contribution in [3.8, 4) is 0 Å². The molecule has 0 amide bonds. The van der Waals surface area contributed by atoms with E-state index in [4.69, 9.17) is 4.74 Å². The van der Waals surface area contributed by atoms with E-state index in [1.165, 1.54) is 16.9 Å². The molecule has 0 aliphatic rings. The maximum Gasteiger partial charge on any atom is 0.0556 e. The van der Waals surface area contributed by atoms with Crippen molar-refractivity contribution >= 4 is 27.7 Å². The highest BCUT2D eigenvalue weighted by Gasteiger charge is 2.03. The van der Waals surface area contributed by atoms with Gasteiger partial charge in [-0.1, -0.05) is 28.9 Å². The van der Waals surface area contributed by atoms with Gasteiger partial charge in [0.25, 0.3) is 0 Å². The molecule has 0 saturated carbocycles. The Morgan fingerprint density at radius 1 is 1.41 bits per heavy atom. The first kappa shape index (κ1) is 15.0. The molecular weight excluding hydrogens is 298 g/mol. The maximum absolute atomic E-state index is 5.08. The molecule has 0 fully saturated rings. The first-order valence-electron chi connectivity index (χ1n) is 5.88. The van der Waals surface area contributed by atoms with Crippen LogP contribution >= 0.6 is 27.7 Å². The van der Waals surface area contributed by atoms with E-state index in [9.17, 15) is 0 Å². The zero-order valence-electron chi connectivity index (χ0n) is 10.5. The number of methoxy groups -OCH3 is 1. The standard InChI is InChI=1S/C13H20BrNOS/c1-3-6-15-10-11-4-5-12(14)9-13(11)17-8-7-16-2/h4-5,9,15H,3,6-8,10H2,1-2H3. The van der Waals surface area contributed by atoms with E-state index in [1.807, 2.05) is 11.8 Å². The third-order valence-corrected chi connectivity index (χ3v) is 3.87. The van der Waals surface area contributed by atoms with E-state index >= 15 is 0 Å². The van der Waals surface area contributed by atoms with Gasteiger partial charge in [0.2, 0.25) is 0 Å². The summed E-state index contributed by atoms with van der Waals surface area (Å²) in [4.78, 5) is 1.33. The minimum atomic E-state index is 0.791. The van der Waals surface area contributed by atoms with E-state index in [-0.39, 0.29) is 0 Å². The second kappa shape index (κ2) is 8.97. The van der Waals surface area contributed by atoms with Crippen LogP contribution in [0.5, 0.6) is 0 Å². The molecule has 0 bridgehead atoms. The largest absolute Gasteiger partial charge is 0.384 e. The van der Waals surface area contributed by atoms with Gasteiger partial charge in [-0.05, 0) is 30.7 Å². The Balaban J connectivity index is 2.59. The van der Waals surface area contributed by atoms with E-state index < -0.39 is 0 Å². The number of benzene rings is 1. The van der Waals surface area contributed by atoms with Crippen LogP contribution in [-0.4, -0.2) is 26.0 Å². The van der Waals surface area contributed by atoms with Crippen molar-refractivity contribution in [3.63, 3.8) is 0 Å². The number of halogens is 1. The van der Waals surface area contributed by atoms with Crippen molar-refractivity contribution in [3.05, 3.63) is 28.2 Å². The van der Waals surface area contributed by atoms with Crippen molar-refractivity contribution in [2.24, 2.45) is 0 Å². The third kappa shape index (κ3) is 5.91. The second-order valence-corrected chi connectivity index (χ2v) is 5.82. The van der Waals surface area contributed by atoms with Crippen LogP contribution in [0.15, 0.2) is 27.6 Å². The smallest absolute Gasteiger partial charge is 0.0556 e. The number of hydrogen-bond acceptors (Lipinski definition) is 3. The van der Waals surface area contributed by atoms with Gasteiger partial charge in [-0.15, -0.1) is 11.8 Å². The van der Waals surface area contributed by atoms with Gasteiger partial charge in [-0.3, -0.25) is 0 Å². The molecule has 1 N–H and O–H groups in total. The van der Waals surface area contributed by atoms with Gasteiger partial charge in [-0.2, -0.15) is 0 Å². The van der Waals surface area contributed by atoms with Crippen LogP contribution < -0.4 is 5.32 Å². The normalized spacial score (nSPS) is 10.8. The summed E-state index contributed by atoms with van der Waals surface area (Å²) in [5.41, 5.74) is 1.36. The van der Waals surface area contributed by atoms with Crippen molar-refractivity contribution in [1.82, 2.24) is 5.32 Å². The molecule has 2 nitrogen and oxygen atoms in total. The van der Waals surface area contributed by atoms with E-state index in [2.05, 4.69) is 46.4 Å². The molecule has 0 aliphatic heterocycles. The average molecular weight is 318 g/mol. The number of rotatable bonds is 8. The maximum atomic E-state index is 5.08. The number of nitrogens with one attached hydrogen (secondary N) is 1. The monoisotopic (exact) mass is 317 g/mol. The predicted molar refractivity (Wildman–Crippen MR) is 78.7 cm³/mol. The summed E-state index contributed by atoms with van der Waals surface area (Å²) in [6.07, 6.45) is 1.17. The second-order valence-electron chi connectivity index (χ2n) is 3.77. The van der Waals surface area contributed by atoms with Crippen molar-refractivity contribution in [2.75, 3.05) is 26.0 Å². The highest BCUT2D eigenvalue weighted by atomic mass is 79.9. The van der Waals surface area contributed by atoms with Crippen molar-refractivity contribution in [1.29, 1.82) is 0 Å². The molecule has 17 heavy (non-hydrogen) atoms. The molecule has 0 radical (unpaired) electrons. The minimum Gasteiger partial charge on any atom is -0.384 e. The molecule has 1 aromatic rings. The fourth-order valence-electron chi connectivity index (χ4n) is 1.44. The Morgan fingerprint density at radius 2 is 2.24 bits per heavy atom. The molecule has 0 unspecified atom stereocenters. The minimum absolute atomic E-state index is 0.791. The average Bonchev–Trinajstić information content (AvgIpc) is 2.32. The Kier molecular flexibility index (Phi) is 7.93. The lowest BCUT2D eigenvalue weighted by molar-refractivity contribution is 0.218. The predicted octanol–water partition coefficient (Wildman–Crippen LogP) is 3.69. The first-order chi connectivity index (χ1) is 8.27. The molecule has 0 saturated heterocycles. The molecule has 0 spiro atoms. The van der Waals surface area contributed by atoms with Crippen LogP contribution in [0.3, 0.4) is 0 Å². The summed E-state index contributed by atoms with van der Waals surface area (Å²) in [5.74, 6) is 0.994. The number of hydrogen-bond donors (Lipinski definition) is 1. The summed E-state index contributed by atoms with van der Waals surface area (Å²) in [5, 5.41) is 3.44. The summed E-state index contributed by atoms with van der Waals surface area (Å²) in [6.45, 7) is 4.98. The van der Waals surface area contributed by atoms with Gasteiger partial charge in [0.15, 0.2) is 0 Å². The van der Waals surface area contributed by atoms with E-state index in [1.54, 1.807) is 7.11 Å². The fourth-order valence-corrected chi connectivity index (χ4v) is 2.96. The molecule has 96 valence electrons. The highest BCUT2D eigenvalue weighted by Crippen LogP contribution is 2.26. The quantitative estimate of drug-likeness (QED) is 0.583. The van der Waals surface area contributed by atoms with Gasteiger partial charge in [0.1, 0.15) is 0 Å². The zero-order valence-corrected chi connectivity index (χ0v) is 12.9. The molecule has 1 aromatic carbocycles. The Morgan fingerprint density at radius 3 is 2.94 bits per heavy atom. The lowest BCUT2D eigenvalue weighted by Crippen LogP contribution is -2.14.